The molecular weight excluding hydrogens is 381 g/mol. The van der Waals surface area contributed by atoms with Gasteiger partial charge in [-0.3, -0.25) is 13.8 Å². The highest BCUT2D eigenvalue weighted by Gasteiger charge is 2.26. The Kier molecular flexibility index (Phi) is 8.05. The third-order valence-corrected chi connectivity index (χ3v) is 5.42. The Balaban J connectivity index is 2.34. The van der Waals surface area contributed by atoms with Crippen LogP contribution in [0.25, 0.3) is 0 Å². The molecule has 0 fully saturated rings. The van der Waals surface area contributed by atoms with E-state index in [0.717, 1.165) is 5.56 Å². The molecule has 0 atom stereocenters. The maximum atomic E-state index is 12.8. The van der Waals surface area contributed by atoms with Gasteiger partial charge >= 0.3 is 7.82 Å². The average Bonchev–Trinajstić information content (AvgIpc) is 2.73. The van der Waals surface area contributed by atoms with Crippen LogP contribution in [0.2, 0.25) is 0 Å². The molecule has 0 bridgehead atoms. The lowest BCUT2D eigenvalue weighted by atomic mass is 10.1. The number of hydrogen-bond acceptors (Lipinski definition) is 6. The van der Waals surface area contributed by atoms with E-state index in [1.807, 2.05) is 44.2 Å². The first-order chi connectivity index (χ1) is 13.4. The molecule has 7 nitrogen and oxygen atoms in total. The molecule has 8 heteroatoms. The Morgan fingerprint density at radius 1 is 0.964 bits per heavy atom. The van der Waals surface area contributed by atoms with E-state index in [1.54, 1.807) is 17.0 Å². The second kappa shape index (κ2) is 10.3. The van der Waals surface area contributed by atoms with Gasteiger partial charge in [-0.25, -0.2) is 4.57 Å². The van der Waals surface area contributed by atoms with Gasteiger partial charge in [0.2, 0.25) is 0 Å². The molecule has 0 saturated heterocycles. The molecule has 28 heavy (non-hydrogen) atoms. The molecule has 0 aliphatic carbocycles. The Morgan fingerprint density at radius 3 is 2.14 bits per heavy atom. The smallest absolute Gasteiger partial charge is 0.489 e. The van der Waals surface area contributed by atoms with Crippen molar-refractivity contribution in [1.29, 1.82) is 0 Å². The highest BCUT2D eigenvalue weighted by Crippen LogP contribution is 2.48. The zero-order chi connectivity index (χ0) is 20.6. The lowest BCUT2D eigenvalue weighted by Crippen LogP contribution is -2.30. The Bertz CT molecular complexity index is 815. The standard InChI is InChI=1S/C20H26NO6P/c1-5-21(6-2)20(22)17-12-18(26-15-16-10-8-7-9-11-16)14-19(13-17)27-28(23,24-3)25-4/h7-14H,5-6,15H2,1-4H3. The molecule has 152 valence electrons. The maximum Gasteiger partial charge on any atom is 0.529 e. The van der Waals surface area contributed by atoms with Crippen LogP contribution < -0.4 is 9.26 Å². The van der Waals surface area contributed by atoms with Gasteiger partial charge in [0.15, 0.2) is 0 Å². The fourth-order valence-corrected chi connectivity index (χ4v) is 3.21. The van der Waals surface area contributed by atoms with E-state index in [0.29, 0.717) is 31.0 Å². The summed E-state index contributed by atoms with van der Waals surface area (Å²) in [4.78, 5) is 14.4. The summed E-state index contributed by atoms with van der Waals surface area (Å²) < 4.78 is 33.2. The van der Waals surface area contributed by atoms with Crippen molar-refractivity contribution in [3.05, 3.63) is 59.7 Å². The van der Waals surface area contributed by atoms with Crippen molar-refractivity contribution in [2.24, 2.45) is 0 Å². The predicted octanol–water partition coefficient (Wildman–Crippen LogP) is 4.53. The van der Waals surface area contributed by atoms with Gasteiger partial charge in [0, 0.05) is 38.9 Å². The topological polar surface area (TPSA) is 74.3 Å². The zero-order valence-electron chi connectivity index (χ0n) is 16.6. The fraction of sp³-hybridized carbons (Fsp3) is 0.350. The van der Waals surface area contributed by atoms with Crippen LogP contribution in [0, 0.1) is 0 Å². The quantitative estimate of drug-likeness (QED) is 0.539. The number of ether oxygens (including phenoxy) is 1. The summed E-state index contributed by atoms with van der Waals surface area (Å²) in [5.74, 6) is 0.397. The molecule has 2 rings (SSSR count). The third-order valence-electron chi connectivity index (χ3n) is 4.09. The van der Waals surface area contributed by atoms with Crippen molar-refractivity contribution in [3.63, 3.8) is 0 Å². The van der Waals surface area contributed by atoms with Crippen molar-refractivity contribution >= 4 is 13.7 Å². The van der Waals surface area contributed by atoms with E-state index >= 15 is 0 Å². The number of amides is 1. The van der Waals surface area contributed by atoms with E-state index in [4.69, 9.17) is 18.3 Å². The number of rotatable bonds is 10. The van der Waals surface area contributed by atoms with E-state index in [1.165, 1.54) is 20.3 Å². The first kappa shape index (κ1) is 22.0. The number of phosphoric acid groups is 1. The van der Waals surface area contributed by atoms with E-state index in [2.05, 4.69) is 0 Å². The van der Waals surface area contributed by atoms with Gasteiger partial charge in [0.05, 0.1) is 0 Å². The Labute approximate surface area is 165 Å². The molecule has 0 aliphatic heterocycles. The minimum absolute atomic E-state index is 0.160. The fourth-order valence-electron chi connectivity index (χ4n) is 2.54. The molecular formula is C20H26NO6P. The van der Waals surface area contributed by atoms with Crippen molar-refractivity contribution in [2.45, 2.75) is 20.5 Å². The molecule has 0 aromatic heterocycles. The number of carbonyl (C=O) groups is 1. The van der Waals surface area contributed by atoms with Gasteiger partial charge in [-0.2, -0.15) is 0 Å². The number of hydrogen-bond donors (Lipinski definition) is 0. The van der Waals surface area contributed by atoms with Crippen LogP contribution in [0.1, 0.15) is 29.8 Å². The predicted molar refractivity (Wildman–Crippen MR) is 107 cm³/mol. The molecule has 0 N–H and O–H groups in total. The Hall–Kier alpha value is -2.34. The SMILES string of the molecule is CCN(CC)C(=O)c1cc(OCc2ccccc2)cc(OP(=O)(OC)OC)c1. The summed E-state index contributed by atoms with van der Waals surface area (Å²) in [6, 6.07) is 14.3. The largest absolute Gasteiger partial charge is 0.529 e. The zero-order valence-corrected chi connectivity index (χ0v) is 17.5. The maximum absolute atomic E-state index is 12.8. The van der Waals surface area contributed by atoms with Crippen LogP contribution >= 0.6 is 7.82 Å². The van der Waals surface area contributed by atoms with Crippen molar-refractivity contribution < 1.29 is 27.7 Å². The van der Waals surface area contributed by atoms with Gasteiger partial charge in [0.1, 0.15) is 18.1 Å². The summed E-state index contributed by atoms with van der Waals surface area (Å²) >= 11 is 0. The van der Waals surface area contributed by atoms with Gasteiger partial charge in [-0.1, -0.05) is 30.3 Å². The molecule has 0 aliphatic rings. The minimum atomic E-state index is -3.77. The van der Waals surface area contributed by atoms with E-state index < -0.39 is 7.82 Å². The number of benzene rings is 2. The summed E-state index contributed by atoms with van der Waals surface area (Å²) in [6.45, 7) is 5.25. The average molecular weight is 407 g/mol. The van der Waals surface area contributed by atoms with Crippen LogP contribution in [0.4, 0.5) is 0 Å². The Morgan fingerprint density at radius 2 is 1.57 bits per heavy atom. The first-order valence-electron chi connectivity index (χ1n) is 8.96. The van der Waals surface area contributed by atoms with Gasteiger partial charge in [-0.15, -0.1) is 0 Å². The van der Waals surface area contributed by atoms with E-state index in [9.17, 15) is 9.36 Å². The van der Waals surface area contributed by atoms with Crippen molar-refractivity contribution in [2.75, 3.05) is 27.3 Å². The molecule has 0 spiro atoms. The number of phosphoric ester groups is 1. The van der Waals surface area contributed by atoms with Crippen molar-refractivity contribution in [1.82, 2.24) is 4.90 Å². The normalized spacial score (nSPS) is 11.1. The van der Waals surface area contributed by atoms with Crippen LogP contribution in [-0.4, -0.2) is 38.1 Å². The summed E-state index contributed by atoms with van der Waals surface area (Å²) in [5, 5.41) is 0. The van der Waals surface area contributed by atoms with Crippen LogP contribution in [0.3, 0.4) is 0 Å². The van der Waals surface area contributed by atoms with Crippen molar-refractivity contribution in [3.8, 4) is 11.5 Å². The lowest BCUT2D eigenvalue weighted by Gasteiger charge is -2.20. The highest BCUT2D eigenvalue weighted by atomic mass is 31.2. The first-order valence-corrected chi connectivity index (χ1v) is 10.4. The van der Waals surface area contributed by atoms with Gasteiger partial charge in [-0.05, 0) is 31.5 Å². The number of carbonyl (C=O) groups excluding carboxylic acids is 1. The van der Waals surface area contributed by atoms with Crippen LogP contribution in [-0.2, 0) is 20.2 Å². The lowest BCUT2D eigenvalue weighted by molar-refractivity contribution is 0.0772. The molecule has 0 heterocycles. The van der Waals surface area contributed by atoms with Gasteiger partial charge < -0.3 is 14.2 Å². The molecule has 0 unspecified atom stereocenters. The van der Waals surface area contributed by atoms with Gasteiger partial charge in [0.25, 0.3) is 5.91 Å². The highest BCUT2D eigenvalue weighted by molar-refractivity contribution is 7.48. The third kappa shape index (κ3) is 5.83. The molecule has 0 radical (unpaired) electrons. The summed E-state index contributed by atoms with van der Waals surface area (Å²) in [6.07, 6.45) is 0. The second-order valence-electron chi connectivity index (χ2n) is 5.85. The van der Waals surface area contributed by atoms with Crippen LogP contribution in [0.5, 0.6) is 11.5 Å². The number of nitrogens with zero attached hydrogens (tertiary/aromatic N) is 1. The molecule has 2 aromatic carbocycles. The van der Waals surface area contributed by atoms with E-state index in [-0.39, 0.29) is 11.7 Å². The second-order valence-corrected chi connectivity index (χ2v) is 7.66. The summed E-state index contributed by atoms with van der Waals surface area (Å²) in [5.41, 5.74) is 1.34. The van der Waals surface area contributed by atoms with Crippen LogP contribution in [0.15, 0.2) is 48.5 Å². The summed E-state index contributed by atoms with van der Waals surface area (Å²) in [7, 11) is -1.32. The molecule has 0 saturated carbocycles. The molecule has 1 amide bonds. The molecule has 2 aromatic rings. The minimum Gasteiger partial charge on any atom is -0.489 e. The monoisotopic (exact) mass is 407 g/mol.